The Labute approximate surface area is 194 Å². The van der Waals surface area contributed by atoms with Crippen molar-refractivity contribution in [3.05, 3.63) is 47.5 Å². The van der Waals surface area contributed by atoms with E-state index >= 15 is 0 Å². The molecule has 178 valence electrons. The lowest BCUT2D eigenvalue weighted by Crippen LogP contribution is -2.16. The molecule has 0 aliphatic heterocycles. The molecule has 0 atom stereocenters. The molecule has 0 spiro atoms. The highest BCUT2D eigenvalue weighted by molar-refractivity contribution is 5.93. The number of hydrogen-bond donors (Lipinski definition) is 1. The highest BCUT2D eigenvalue weighted by atomic mass is 16.5. The van der Waals surface area contributed by atoms with Gasteiger partial charge in [0.15, 0.2) is 11.5 Å². The van der Waals surface area contributed by atoms with Gasteiger partial charge < -0.3 is 18.9 Å². The summed E-state index contributed by atoms with van der Waals surface area (Å²) in [4.78, 5) is 24.4. The van der Waals surface area contributed by atoms with E-state index < -0.39 is 5.97 Å². The van der Waals surface area contributed by atoms with Crippen LogP contribution in [0.1, 0.15) is 61.4 Å². The fraction of sp³-hybridized carbons (Fsp3) is 0.400. The van der Waals surface area contributed by atoms with E-state index in [0.29, 0.717) is 29.4 Å². The predicted molar refractivity (Wildman–Crippen MR) is 127 cm³/mol. The average Bonchev–Trinajstić information content (AvgIpc) is 2.83. The lowest BCUT2D eigenvalue weighted by atomic mass is 10.1. The Balaban J connectivity index is 1.91. The number of carbonyl (C=O) groups excluding carboxylic acids is 2. The van der Waals surface area contributed by atoms with Crippen molar-refractivity contribution in [2.75, 3.05) is 21.3 Å². The molecule has 0 saturated heterocycles. The number of rotatable bonds is 13. The van der Waals surface area contributed by atoms with Gasteiger partial charge in [-0.25, -0.2) is 10.2 Å². The Kier molecular flexibility index (Phi) is 10.7. The van der Waals surface area contributed by atoms with Gasteiger partial charge in [-0.3, -0.25) is 4.79 Å². The summed E-state index contributed by atoms with van der Waals surface area (Å²) in [5, 5.41) is 3.98. The maximum atomic E-state index is 12.6. The normalized spacial score (nSPS) is 10.7. The van der Waals surface area contributed by atoms with Crippen LogP contribution in [-0.4, -0.2) is 39.4 Å². The number of hydrogen-bond acceptors (Lipinski definition) is 7. The third-order valence-electron chi connectivity index (χ3n) is 4.90. The van der Waals surface area contributed by atoms with Gasteiger partial charge in [0.25, 0.3) is 0 Å². The largest absolute Gasteiger partial charge is 0.493 e. The molecule has 0 aromatic heterocycles. The number of amides is 1. The van der Waals surface area contributed by atoms with Gasteiger partial charge in [-0.1, -0.05) is 32.6 Å². The van der Waals surface area contributed by atoms with Crippen LogP contribution in [0.4, 0.5) is 0 Å². The summed E-state index contributed by atoms with van der Waals surface area (Å²) in [6, 6.07) is 9.81. The number of benzene rings is 2. The number of nitrogens with zero attached hydrogens (tertiary/aromatic N) is 1. The van der Waals surface area contributed by atoms with Gasteiger partial charge >= 0.3 is 5.97 Å². The van der Waals surface area contributed by atoms with Crippen molar-refractivity contribution in [2.45, 2.75) is 45.4 Å². The van der Waals surface area contributed by atoms with Crippen LogP contribution in [0, 0.1) is 0 Å². The standard InChI is InChI=1S/C25H32N2O6/c1-5-6-7-8-9-10-23(28)27-26-17-18-11-13-20(14-12-18)33-25(29)19-15-21(30-2)24(32-4)22(16-19)31-3/h11-17H,5-10H2,1-4H3,(H,27,28). The molecule has 0 heterocycles. The molecular formula is C25H32N2O6. The molecule has 1 amide bonds. The van der Waals surface area contributed by atoms with Crippen LogP contribution in [0.2, 0.25) is 0 Å². The van der Waals surface area contributed by atoms with Gasteiger partial charge in [-0.2, -0.15) is 5.10 Å². The Hall–Kier alpha value is -3.55. The zero-order valence-electron chi connectivity index (χ0n) is 19.7. The number of ether oxygens (including phenoxy) is 4. The minimum atomic E-state index is -0.568. The molecular weight excluding hydrogens is 424 g/mol. The Bertz CT molecular complexity index is 915. The molecule has 2 aromatic rings. The van der Waals surface area contributed by atoms with Crippen LogP contribution in [0.5, 0.6) is 23.0 Å². The topological polar surface area (TPSA) is 95.5 Å². The molecule has 0 aliphatic carbocycles. The highest BCUT2D eigenvalue weighted by Gasteiger charge is 2.18. The van der Waals surface area contributed by atoms with Crippen LogP contribution >= 0.6 is 0 Å². The Morgan fingerprint density at radius 3 is 2.12 bits per heavy atom. The first-order valence-corrected chi connectivity index (χ1v) is 11.0. The lowest BCUT2D eigenvalue weighted by molar-refractivity contribution is -0.121. The van der Waals surface area contributed by atoms with E-state index in [9.17, 15) is 9.59 Å². The van der Waals surface area contributed by atoms with Gasteiger partial charge in [0.05, 0.1) is 33.1 Å². The molecule has 1 N–H and O–H groups in total. The predicted octanol–water partition coefficient (Wildman–Crippen LogP) is 4.74. The second-order valence-corrected chi connectivity index (χ2v) is 7.33. The average molecular weight is 457 g/mol. The summed E-state index contributed by atoms with van der Waals surface area (Å²) in [5.41, 5.74) is 3.54. The SMILES string of the molecule is CCCCCCCC(=O)NN=Cc1ccc(OC(=O)c2cc(OC)c(OC)c(OC)c2)cc1. The molecule has 0 bridgehead atoms. The number of nitrogens with one attached hydrogen (secondary N) is 1. The summed E-state index contributed by atoms with van der Waals surface area (Å²) in [6.45, 7) is 2.16. The number of methoxy groups -OCH3 is 3. The third kappa shape index (κ3) is 8.14. The van der Waals surface area contributed by atoms with E-state index in [1.54, 1.807) is 30.5 Å². The van der Waals surface area contributed by atoms with Crippen molar-refractivity contribution >= 4 is 18.1 Å². The van der Waals surface area contributed by atoms with Crippen LogP contribution in [0.3, 0.4) is 0 Å². The molecule has 0 saturated carbocycles. The maximum Gasteiger partial charge on any atom is 0.343 e. The van der Waals surface area contributed by atoms with Crippen molar-refractivity contribution in [1.82, 2.24) is 5.43 Å². The molecule has 8 heteroatoms. The first-order valence-electron chi connectivity index (χ1n) is 11.0. The monoisotopic (exact) mass is 456 g/mol. The molecule has 0 aliphatic rings. The van der Waals surface area contributed by atoms with E-state index in [-0.39, 0.29) is 11.5 Å². The first-order chi connectivity index (χ1) is 16.0. The summed E-state index contributed by atoms with van der Waals surface area (Å²) < 4.78 is 21.2. The summed E-state index contributed by atoms with van der Waals surface area (Å²) in [6.07, 6.45) is 7.47. The molecule has 2 rings (SSSR count). The van der Waals surface area contributed by atoms with Gasteiger partial charge in [-0.15, -0.1) is 0 Å². The van der Waals surface area contributed by atoms with E-state index in [2.05, 4.69) is 17.5 Å². The quantitative estimate of drug-likeness (QED) is 0.154. The van der Waals surface area contributed by atoms with Gasteiger partial charge in [-0.05, 0) is 48.4 Å². The highest BCUT2D eigenvalue weighted by Crippen LogP contribution is 2.38. The third-order valence-corrected chi connectivity index (χ3v) is 4.90. The second-order valence-electron chi connectivity index (χ2n) is 7.33. The number of esters is 1. The minimum absolute atomic E-state index is 0.0985. The molecule has 0 fully saturated rings. The van der Waals surface area contributed by atoms with E-state index in [1.165, 1.54) is 46.3 Å². The van der Waals surface area contributed by atoms with Crippen molar-refractivity contribution in [2.24, 2.45) is 5.10 Å². The van der Waals surface area contributed by atoms with Crippen molar-refractivity contribution in [1.29, 1.82) is 0 Å². The van der Waals surface area contributed by atoms with E-state index in [4.69, 9.17) is 18.9 Å². The number of unbranched alkanes of at least 4 members (excludes halogenated alkanes) is 4. The molecule has 2 aromatic carbocycles. The van der Waals surface area contributed by atoms with Gasteiger partial charge in [0.2, 0.25) is 11.7 Å². The lowest BCUT2D eigenvalue weighted by Gasteiger charge is -2.13. The van der Waals surface area contributed by atoms with Crippen molar-refractivity contribution in [3.63, 3.8) is 0 Å². The maximum absolute atomic E-state index is 12.6. The summed E-state index contributed by atoms with van der Waals surface area (Å²) in [5.74, 6) is 0.808. The van der Waals surface area contributed by atoms with Gasteiger partial charge in [0, 0.05) is 6.42 Å². The Morgan fingerprint density at radius 2 is 1.55 bits per heavy atom. The first kappa shape index (κ1) is 25.7. The molecule has 0 radical (unpaired) electrons. The van der Waals surface area contributed by atoms with E-state index in [1.807, 2.05) is 0 Å². The molecule has 0 unspecified atom stereocenters. The van der Waals surface area contributed by atoms with Crippen LogP contribution in [-0.2, 0) is 4.79 Å². The zero-order valence-corrected chi connectivity index (χ0v) is 19.7. The number of carbonyl (C=O) groups is 2. The van der Waals surface area contributed by atoms with Crippen LogP contribution in [0.15, 0.2) is 41.5 Å². The fourth-order valence-electron chi connectivity index (χ4n) is 3.11. The van der Waals surface area contributed by atoms with Crippen LogP contribution in [0.25, 0.3) is 0 Å². The van der Waals surface area contributed by atoms with Gasteiger partial charge in [0.1, 0.15) is 5.75 Å². The van der Waals surface area contributed by atoms with Crippen molar-refractivity contribution in [3.8, 4) is 23.0 Å². The fourth-order valence-corrected chi connectivity index (χ4v) is 3.11. The van der Waals surface area contributed by atoms with Crippen molar-refractivity contribution < 1.29 is 28.5 Å². The smallest absolute Gasteiger partial charge is 0.343 e. The minimum Gasteiger partial charge on any atom is -0.493 e. The molecule has 8 nitrogen and oxygen atoms in total. The summed E-state index contributed by atoms with van der Waals surface area (Å²) >= 11 is 0. The molecule has 33 heavy (non-hydrogen) atoms. The Morgan fingerprint density at radius 1 is 0.909 bits per heavy atom. The second kappa shape index (κ2) is 13.8. The summed E-state index contributed by atoms with van der Waals surface area (Å²) in [7, 11) is 4.44. The number of hydrazone groups is 1. The van der Waals surface area contributed by atoms with E-state index in [0.717, 1.165) is 24.8 Å². The van der Waals surface area contributed by atoms with Crippen LogP contribution < -0.4 is 24.4 Å². The zero-order chi connectivity index (χ0) is 24.1.